The zero-order valence-electron chi connectivity index (χ0n) is 62.2. The Kier molecular flexibility index (Phi) is 24.8. The number of aromatic carboxylic acids is 4. The highest BCUT2D eigenvalue weighted by atomic mass is 32.1. The lowest BCUT2D eigenvalue weighted by atomic mass is 10.0. The van der Waals surface area contributed by atoms with E-state index in [0.717, 1.165) is 79.7 Å². The fraction of sp³-hybridized carbons (Fsp3) is 0.0588. The van der Waals surface area contributed by atoms with E-state index in [1.54, 1.807) is 36.4 Å². The number of nitrogens with one attached hydrogen (secondary N) is 4. The summed E-state index contributed by atoms with van der Waals surface area (Å²) >= 11 is 5.96. The molecule has 0 spiro atoms. The molecule has 620 valence electrons. The number of amides is 4. The quantitative estimate of drug-likeness (QED) is 0.0400. The van der Waals surface area contributed by atoms with Gasteiger partial charge in [0.05, 0.1) is 15.6 Å². The summed E-state index contributed by atoms with van der Waals surface area (Å²) in [6, 6.07) is 28.6. The van der Waals surface area contributed by atoms with Crippen LogP contribution in [0.15, 0.2) is 149 Å². The van der Waals surface area contributed by atoms with Crippen molar-refractivity contribution in [3.05, 3.63) is 283 Å². The Morgan fingerprint density at radius 1 is 0.336 bits per heavy atom. The molecule has 7 aromatic heterocycles. The molecule has 0 atom stereocenters. The first-order valence-corrected chi connectivity index (χ1v) is 40.9. The molecular formula is C85H52F10N4O16S7. The molecule has 15 aromatic rings. The molecule has 16 rings (SSSR count). The van der Waals surface area contributed by atoms with Gasteiger partial charge in [-0.2, -0.15) is 0 Å². The molecule has 4 amide bonds. The molecule has 0 saturated carbocycles. The van der Waals surface area contributed by atoms with Crippen LogP contribution >= 0.6 is 79.4 Å². The number of rotatable bonds is 16. The van der Waals surface area contributed by atoms with Gasteiger partial charge in [-0.3, -0.25) is 19.2 Å². The molecule has 8 aromatic carbocycles. The predicted octanol–water partition coefficient (Wildman–Crippen LogP) is 23.1. The maximum Gasteiger partial charge on any atom is 0.339 e. The van der Waals surface area contributed by atoms with Crippen molar-refractivity contribution in [3.63, 3.8) is 0 Å². The first-order valence-electron chi connectivity index (χ1n) is 35.0. The highest BCUT2D eigenvalue weighted by molar-refractivity contribution is 7.23. The average molecular weight is 1800 g/mol. The number of carboxylic acid groups (broad SMARTS) is 4. The second-order valence-electron chi connectivity index (χ2n) is 26.4. The van der Waals surface area contributed by atoms with Gasteiger partial charge < -0.3 is 62.1 Å². The van der Waals surface area contributed by atoms with Gasteiger partial charge in [0.1, 0.15) is 91.5 Å². The largest absolute Gasteiger partial charge is 0.506 e. The van der Waals surface area contributed by atoms with Crippen LogP contribution in [0.25, 0.3) is 80.8 Å². The van der Waals surface area contributed by atoms with Crippen molar-refractivity contribution < 1.29 is 123 Å². The number of hydrogen-bond acceptors (Lipinski definition) is 19. The Labute approximate surface area is 707 Å². The number of phenols is 1. The maximum atomic E-state index is 14.4. The second-order valence-corrected chi connectivity index (χ2v) is 33.0. The number of thiophene rings is 7. The van der Waals surface area contributed by atoms with Crippen LogP contribution < -0.4 is 21.3 Å². The van der Waals surface area contributed by atoms with Gasteiger partial charge in [0, 0.05) is 91.8 Å². The molecule has 0 bridgehead atoms. The fourth-order valence-electron chi connectivity index (χ4n) is 12.7. The number of carboxylic acids is 4. The van der Waals surface area contributed by atoms with Gasteiger partial charge in [0.2, 0.25) is 0 Å². The highest BCUT2D eigenvalue weighted by Gasteiger charge is 2.33. The standard InChI is InChI=1S/C22H15F2NO4S.2C21H12F3NO4S2.C21H13F2NO4S2/c1-10-5-7-13(18(24)17(10)23)15-9-30-21(16(15)22(28)29)25-20(27)14-8-6-11-3-2-4-12(11)19(14)26;1-8-5-6-9(16(24)15(8)23)10-7-30-20(13(10)21(28)29)25-19(27)18-17(26)14-11(22)3-2-4-12(14)31-18;1-8-5-6-9(15(24)14(8)23)11-7-30-20(13(11)21(28)29)25-19(27)18-16(26)10-3-2-4-12(22)17(10)31-18;1-9-6-7-10(16(23)15(9)22)12-8-29-20(14(12)21(27)28)24-19(26)18-17(25)11-4-2-3-5-13(11)30-18/h2,4-9,26H,3H2,1H3,(H,25,27)(H,28,29);2*2-7,26H,1H3,(H,25,27)(H,28,29);2-8,25H,1H3,(H,24,26)(H,27,28). The van der Waals surface area contributed by atoms with Crippen molar-refractivity contribution in [2.45, 2.75) is 34.1 Å². The van der Waals surface area contributed by atoms with E-state index in [9.17, 15) is 123 Å². The molecule has 0 fully saturated rings. The molecule has 0 radical (unpaired) electrons. The van der Waals surface area contributed by atoms with Gasteiger partial charge in [0.15, 0.2) is 46.5 Å². The number of aromatic hydroxyl groups is 4. The minimum Gasteiger partial charge on any atom is -0.506 e. The average Bonchev–Trinajstić information content (AvgIpc) is 1.61. The van der Waals surface area contributed by atoms with Crippen molar-refractivity contribution >= 4 is 183 Å². The fourth-order valence-corrected chi connectivity index (χ4v) is 19.4. The Bertz CT molecular complexity index is 6830. The smallest absolute Gasteiger partial charge is 0.339 e. The van der Waals surface area contributed by atoms with Gasteiger partial charge in [0.25, 0.3) is 23.6 Å². The van der Waals surface area contributed by atoms with Crippen molar-refractivity contribution in [3.8, 4) is 67.5 Å². The summed E-state index contributed by atoms with van der Waals surface area (Å²) in [5.74, 6) is -20.6. The summed E-state index contributed by atoms with van der Waals surface area (Å²) < 4.78 is 143. The van der Waals surface area contributed by atoms with Crippen LogP contribution in [0.5, 0.6) is 23.0 Å². The van der Waals surface area contributed by atoms with Gasteiger partial charge in [-0.25, -0.2) is 63.1 Å². The number of carbonyl (C=O) groups is 8. The van der Waals surface area contributed by atoms with Crippen LogP contribution in [-0.4, -0.2) is 88.4 Å². The maximum absolute atomic E-state index is 14.4. The van der Waals surface area contributed by atoms with Gasteiger partial charge >= 0.3 is 23.9 Å². The molecule has 12 N–H and O–H groups in total. The van der Waals surface area contributed by atoms with E-state index in [1.165, 1.54) is 134 Å². The SMILES string of the molecule is Cc1ccc(-c2csc(NC(=O)c3ccc4c(c3O)C=CC4)c2C(=O)O)c(F)c1F.Cc1ccc(-c2csc(NC(=O)c3sc4c(F)cccc4c3O)c2C(=O)O)c(F)c1F.Cc1ccc(-c2csc(NC(=O)c3sc4cccc(F)c4c3O)c2C(=O)O)c(F)c1F.Cc1ccc(-c2csc(NC(=O)c3sc4ccccc4c3O)c2C(=O)O)c(F)c1F. The summed E-state index contributed by atoms with van der Waals surface area (Å²) in [5.41, 5.74) is -1.05. The predicted molar refractivity (Wildman–Crippen MR) is 449 cm³/mol. The Morgan fingerprint density at radius 2 is 0.680 bits per heavy atom. The number of hydrogen-bond donors (Lipinski definition) is 12. The monoisotopic (exact) mass is 1800 g/mol. The Hall–Kier alpha value is -13.6. The third kappa shape index (κ3) is 16.4. The molecule has 7 heterocycles. The van der Waals surface area contributed by atoms with E-state index < -0.39 is 128 Å². The van der Waals surface area contributed by atoms with Crippen LogP contribution in [0, 0.1) is 85.9 Å². The molecule has 0 saturated heterocycles. The number of anilines is 4. The molecule has 20 nitrogen and oxygen atoms in total. The van der Waals surface area contributed by atoms with E-state index in [4.69, 9.17) is 0 Å². The summed E-state index contributed by atoms with van der Waals surface area (Å²) in [4.78, 5) is 97.8. The van der Waals surface area contributed by atoms with Crippen molar-refractivity contribution in [1.29, 1.82) is 0 Å². The number of phenolic OH excluding ortho intramolecular Hbond substituents is 1. The zero-order chi connectivity index (χ0) is 88.0. The van der Waals surface area contributed by atoms with Crippen LogP contribution in [0.4, 0.5) is 63.9 Å². The van der Waals surface area contributed by atoms with E-state index in [2.05, 4.69) is 21.3 Å². The minimum absolute atomic E-state index is 0.0147. The molecule has 0 aliphatic heterocycles. The van der Waals surface area contributed by atoms with Crippen LogP contribution in [0.3, 0.4) is 0 Å². The lowest BCUT2D eigenvalue weighted by Gasteiger charge is -2.10. The Balaban J connectivity index is 0.000000140. The molecule has 1 aliphatic carbocycles. The van der Waals surface area contributed by atoms with E-state index in [1.807, 2.05) is 6.08 Å². The van der Waals surface area contributed by atoms with Crippen LogP contribution in [0.2, 0.25) is 0 Å². The lowest BCUT2D eigenvalue weighted by Crippen LogP contribution is -2.14. The molecule has 0 unspecified atom stereocenters. The summed E-state index contributed by atoms with van der Waals surface area (Å²) in [6.07, 6.45) is 4.22. The van der Waals surface area contributed by atoms with Crippen molar-refractivity contribution in [1.82, 2.24) is 0 Å². The lowest BCUT2D eigenvalue weighted by molar-refractivity contribution is 0.0688. The number of allylic oxidation sites excluding steroid dienone is 1. The number of benzene rings is 8. The minimum atomic E-state index is -1.46. The van der Waals surface area contributed by atoms with Gasteiger partial charge in [-0.15, -0.1) is 79.4 Å². The topological polar surface area (TPSA) is 347 Å². The van der Waals surface area contributed by atoms with Crippen LogP contribution in [-0.2, 0) is 6.42 Å². The summed E-state index contributed by atoms with van der Waals surface area (Å²) in [6.45, 7) is 5.55. The second kappa shape index (κ2) is 35.0. The third-order valence-corrected chi connectivity index (χ3v) is 25.9. The Morgan fingerprint density at radius 3 is 1.07 bits per heavy atom. The summed E-state index contributed by atoms with van der Waals surface area (Å²) in [7, 11) is 0. The van der Waals surface area contributed by atoms with Crippen LogP contribution in [0.1, 0.15) is 114 Å². The number of carbonyl (C=O) groups excluding carboxylic acids is 4. The molecule has 37 heteroatoms. The van der Waals surface area contributed by atoms with Gasteiger partial charge in [-0.05, 0) is 104 Å². The first-order chi connectivity index (χ1) is 58.0. The van der Waals surface area contributed by atoms with E-state index >= 15 is 0 Å². The number of fused-ring (bicyclic) bond motifs is 4. The third-order valence-electron chi connectivity index (χ3n) is 18.8. The highest BCUT2D eigenvalue weighted by Crippen LogP contribution is 2.47. The molecule has 1 aliphatic rings. The zero-order valence-corrected chi connectivity index (χ0v) is 67.9. The first kappa shape index (κ1) is 86.3. The van der Waals surface area contributed by atoms with Crippen molar-refractivity contribution in [2.75, 3.05) is 21.3 Å². The number of halogens is 10. The normalized spacial score (nSPS) is 11.3. The van der Waals surface area contributed by atoms with E-state index in [-0.39, 0.29) is 145 Å². The van der Waals surface area contributed by atoms with Crippen molar-refractivity contribution in [2.24, 2.45) is 0 Å². The molecule has 122 heavy (non-hydrogen) atoms. The van der Waals surface area contributed by atoms with E-state index in [0.29, 0.717) is 38.1 Å². The summed E-state index contributed by atoms with van der Waals surface area (Å²) in [5, 5.41) is 95.1. The number of aryl methyl sites for hydroxylation is 4. The molecular weight excluding hydrogens is 1750 g/mol. The van der Waals surface area contributed by atoms with Gasteiger partial charge in [-0.1, -0.05) is 91.0 Å².